The Morgan fingerprint density at radius 1 is 1.11 bits per heavy atom. The van der Waals surface area contributed by atoms with Crippen LogP contribution < -0.4 is 4.74 Å². The van der Waals surface area contributed by atoms with E-state index >= 15 is 0 Å². The van der Waals surface area contributed by atoms with Gasteiger partial charge in [0.2, 0.25) is 5.88 Å². The second-order valence-electron chi connectivity index (χ2n) is 8.85. The van der Waals surface area contributed by atoms with E-state index < -0.39 is 30.7 Å². The fourth-order valence-electron chi connectivity index (χ4n) is 4.49. The Hall–Kier alpha value is -4.09. The number of aryl methyl sites for hydroxylation is 2. The number of pyridine rings is 1. The van der Waals surface area contributed by atoms with E-state index in [-0.39, 0.29) is 11.4 Å². The Morgan fingerprint density at radius 2 is 1.92 bits per heavy atom. The predicted octanol–water partition coefficient (Wildman–Crippen LogP) is 5.93. The molecule has 4 heterocycles. The van der Waals surface area contributed by atoms with Crippen LogP contribution in [0.3, 0.4) is 0 Å². The van der Waals surface area contributed by atoms with Gasteiger partial charge in [0.25, 0.3) is 6.43 Å². The van der Waals surface area contributed by atoms with Gasteiger partial charge in [-0.15, -0.1) is 0 Å². The largest absolute Gasteiger partial charge is 0.470 e. The Bertz CT molecular complexity index is 1460. The Balaban J connectivity index is 1.43. The highest BCUT2D eigenvalue weighted by Gasteiger charge is 2.37. The van der Waals surface area contributed by atoms with Gasteiger partial charge in [0.15, 0.2) is 12.4 Å². The molecule has 0 bridgehead atoms. The maximum absolute atomic E-state index is 13.6. The van der Waals surface area contributed by atoms with E-state index in [0.29, 0.717) is 42.4 Å². The highest BCUT2D eigenvalue weighted by atomic mass is 19.4. The lowest BCUT2D eigenvalue weighted by Gasteiger charge is -2.25. The molecule has 1 aliphatic heterocycles. The molecule has 1 aromatic carbocycles. The zero-order chi connectivity index (χ0) is 26.9. The third kappa shape index (κ3) is 5.43. The van der Waals surface area contributed by atoms with E-state index in [4.69, 9.17) is 4.74 Å². The molecule has 0 amide bonds. The smallest absolute Gasteiger partial charge is 0.416 e. The van der Waals surface area contributed by atoms with Crippen LogP contribution >= 0.6 is 0 Å². The third-order valence-electron chi connectivity index (χ3n) is 6.13. The predicted molar refractivity (Wildman–Crippen MR) is 129 cm³/mol. The zero-order valence-electron chi connectivity index (χ0n) is 20.2. The monoisotopic (exact) mass is 530 g/mol. The quantitative estimate of drug-likeness (QED) is 0.277. The SMILES string of the molecule is Cc1cn(-c2ccc(/C=C/c3nc4n(n3)CCC[C@@H]4c3ccccc3C(F)(F)F)nc2OCC(F)F)cn1. The van der Waals surface area contributed by atoms with E-state index in [1.807, 2.05) is 0 Å². The summed E-state index contributed by atoms with van der Waals surface area (Å²) < 4.78 is 75.1. The van der Waals surface area contributed by atoms with Crippen LogP contribution in [0.4, 0.5) is 22.0 Å². The molecule has 0 saturated heterocycles. The van der Waals surface area contributed by atoms with E-state index in [9.17, 15) is 22.0 Å². The Morgan fingerprint density at radius 3 is 2.66 bits per heavy atom. The standard InChI is InChI=1S/C26H23F5N6O/c1-16-13-36(15-32-16)21-10-8-17(33-25(21)38-14-22(27)28)9-11-23-34-24-19(6-4-12-37(24)35-23)18-5-2-3-7-20(18)26(29,30)31/h2-3,5,7-11,13,15,19,22H,4,6,12,14H2,1H3/b11-9+/t19-/m1/s1. The maximum atomic E-state index is 13.6. The van der Waals surface area contributed by atoms with Crippen molar-refractivity contribution in [2.75, 3.05) is 6.61 Å². The Kier molecular flexibility index (Phi) is 6.96. The van der Waals surface area contributed by atoms with Crippen molar-refractivity contribution in [3.8, 4) is 11.6 Å². The van der Waals surface area contributed by atoms with Gasteiger partial charge in [-0.05, 0) is 55.7 Å². The number of fused-ring (bicyclic) bond motifs is 1. The van der Waals surface area contributed by atoms with Gasteiger partial charge in [0, 0.05) is 18.7 Å². The molecule has 0 fully saturated rings. The van der Waals surface area contributed by atoms with E-state index in [1.54, 1.807) is 52.7 Å². The maximum Gasteiger partial charge on any atom is 0.416 e. The summed E-state index contributed by atoms with van der Waals surface area (Å²) in [6.07, 6.45) is 0.465. The van der Waals surface area contributed by atoms with Crippen molar-refractivity contribution in [1.29, 1.82) is 0 Å². The first kappa shape index (κ1) is 25.6. The molecule has 0 aliphatic carbocycles. The summed E-state index contributed by atoms with van der Waals surface area (Å²) in [7, 11) is 0. The van der Waals surface area contributed by atoms with E-state index in [1.165, 1.54) is 18.5 Å². The van der Waals surface area contributed by atoms with E-state index in [0.717, 1.165) is 11.8 Å². The molecule has 4 aromatic rings. The molecule has 1 aliphatic rings. The average molecular weight is 531 g/mol. The third-order valence-corrected chi connectivity index (χ3v) is 6.13. The van der Waals surface area contributed by atoms with Gasteiger partial charge in [-0.1, -0.05) is 18.2 Å². The number of halogens is 5. The van der Waals surface area contributed by atoms with Crippen molar-refractivity contribution < 1.29 is 26.7 Å². The zero-order valence-corrected chi connectivity index (χ0v) is 20.2. The molecule has 7 nitrogen and oxygen atoms in total. The van der Waals surface area contributed by atoms with Crippen molar-refractivity contribution in [2.45, 2.75) is 44.8 Å². The second kappa shape index (κ2) is 10.3. The van der Waals surface area contributed by atoms with Crippen LogP contribution in [-0.2, 0) is 12.7 Å². The van der Waals surface area contributed by atoms with Gasteiger partial charge in [-0.25, -0.2) is 28.4 Å². The minimum absolute atomic E-state index is 0.00534. The topological polar surface area (TPSA) is 70.7 Å². The number of hydrogen-bond donors (Lipinski definition) is 0. The summed E-state index contributed by atoms with van der Waals surface area (Å²) in [5.74, 6) is 0.238. The molecular weight excluding hydrogens is 507 g/mol. The van der Waals surface area contributed by atoms with Crippen LogP contribution in [-0.4, -0.2) is 42.3 Å². The molecule has 1 atom stereocenters. The fourth-order valence-corrected chi connectivity index (χ4v) is 4.49. The Labute approximate surface area is 214 Å². The first-order valence-corrected chi connectivity index (χ1v) is 11.9. The lowest BCUT2D eigenvalue weighted by molar-refractivity contribution is -0.138. The van der Waals surface area contributed by atoms with E-state index in [2.05, 4.69) is 20.1 Å². The molecule has 0 spiro atoms. The van der Waals surface area contributed by atoms with Gasteiger partial charge in [-0.3, -0.25) is 0 Å². The van der Waals surface area contributed by atoms with Gasteiger partial charge in [-0.2, -0.15) is 18.3 Å². The number of benzene rings is 1. The van der Waals surface area contributed by atoms with Crippen molar-refractivity contribution in [3.05, 3.63) is 83.1 Å². The normalized spacial score (nSPS) is 15.8. The highest BCUT2D eigenvalue weighted by Crippen LogP contribution is 2.40. The number of hydrogen-bond acceptors (Lipinski definition) is 5. The average Bonchev–Trinajstić information content (AvgIpc) is 3.51. The lowest BCUT2D eigenvalue weighted by Crippen LogP contribution is -2.21. The molecule has 12 heteroatoms. The summed E-state index contributed by atoms with van der Waals surface area (Å²) in [4.78, 5) is 13.0. The second-order valence-corrected chi connectivity index (χ2v) is 8.85. The number of aromatic nitrogens is 6. The first-order chi connectivity index (χ1) is 18.2. The molecule has 38 heavy (non-hydrogen) atoms. The fraction of sp³-hybridized carbons (Fsp3) is 0.308. The van der Waals surface area contributed by atoms with Crippen molar-refractivity contribution in [2.24, 2.45) is 0 Å². The molecule has 0 saturated carbocycles. The summed E-state index contributed by atoms with van der Waals surface area (Å²) in [5, 5.41) is 4.45. The van der Waals surface area contributed by atoms with Crippen LogP contribution in [0.2, 0.25) is 0 Å². The molecule has 5 rings (SSSR count). The van der Waals surface area contributed by atoms with Crippen LogP contribution in [0.15, 0.2) is 48.9 Å². The van der Waals surface area contributed by atoms with Gasteiger partial charge < -0.3 is 9.30 Å². The summed E-state index contributed by atoms with van der Waals surface area (Å²) in [6, 6.07) is 8.88. The highest BCUT2D eigenvalue weighted by molar-refractivity contribution is 5.65. The van der Waals surface area contributed by atoms with Crippen LogP contribution in [0.5, 0.6) is 5.88 Å². The number of nitrogens with zero attached hydrogens (tertiary/aromatic N) is 6. The van der Waals surface area contributed by atoms with Gasteiger partial charge in [0.05, 0.1) is 23.3 Å². The van der Waals surface area contributed by atoms with Crippen molar-refractivity contribution in [3.63, 3.8) is 0 Å². The van der Waals surface area contributed by atoms with Gasteiger partial charge in [0.1, 0.15) is 11.5 Å². The van der Waals surface area contributed by atoms with Crippen molar-refractivity contribution in [1.82, 2.24) is 29.3 Å². The van der Waals surface area contributed by atoms with Gasteiger partial charge >= 0.3 is 6.18 Å². The van der Waals surface area contributed by atoms with Crippen LogP contribution in [0.25, 0.3) is 17.8 Å². The minimum atomic E-state index is -4.47. The molecule has 0 radical (unpaired) electrons. The molecule has 0 unspecified atom stereocenters. The summed E-state index contributed by atoms with van der Waals surface area (Å²) >= 11 is 0. The van der Waals surface area contributed by atoms with Crippen LogP contribution in [0, 0.1) is 6.92 Å². The van der Waals surface area contributed by atoms with Crippen LogP contribution in [0.1, 0.15) is 52.9 Å². The molecule has 198 valence electrons. The summed E-state index contributed by atoms with van der Waals surface area (Å²) in [5.41, 5.74) is 1.09. The number of rotatable bonds is 7. The van der Waals surface area contributed by atoms with Crippen molar-refractivity contribution >= 4 is 12.2 Å². The molecule has 0 N–H and O–H groups in total. The molecular formula is C26H23F5N6O. The number of ether oxygens (including phenoxy) is 1. The number of alkyl halides is 5. The summed E-state index contributed by atoms with van der Waals surface area (Å²) in [6.45, 7) is 1.52. The lowest BCUT2D eigenvalue weighted by atomic mass is 9.88. The number of imidazole rings is 1. The molecule has 3 aromatic heterocycles. The minimum Gasteiger partial charge on any atom is -0.470 e. The first-order valence-electron chi connectivity index (χ1n) is 11.9.